The van der Waals surface area contributed by atoms with Crippen LogP contribution in [-0.2, 0) is 0 Å². The monoisotopic (exact) mass is 279 g/mol. The van der Waals surface area contributed by atoms with E-state index in [2.05, 4.69) is 9.97 Å². The van der Waals surface area contributed by atoms with E-state index in [1.165, 1.54) is 0 Å². The summed E-state index contributed by atoms with van der Waals surface area (Å²) >= 11 is 0. The Balaban J connectivity index is 2.10. The maximum absolute atomic E-state index is 6.47. The third-order valence-electron chi connectivity index (χ3n) is 3.68. The molecule has 0 saturated heterocycles. The Hall–Kier alpha value is -2.46. The van der Waals surface area contributed by atoms with E-state index >= 15 is 0 Å². The number of fused-ring (bicyclic) bond motifs is 1. The summed E-state index contributed by atoms with van der Waals surface area (Å²) in [5, 5.41) is 0. The second kappa shape index (κ2) is 5.50. The minimum atomic E-state index is -0.240. The van der Waals surface area contributed by atoms with Crippen LogP contribution >= 0.6 is 0 Å². The lowest BCUT2D eigenvalue weighted by Gasteiger charge is -2.17. The van der Waals surface area contributed by atoms with Crippen LogP contribution in [0.25, 0.3) is 11.0 Å². The molecular weight excluding hydrogens is 262 g/mol. The van der Waals surface area contributed by atoms with Gasteiger partial charge in [-0.05, 0) is 36.2 Å². The van der Waals surface area contributed by atoms with Crippen molar-refractivity contribution in [3.05, 3.63) is 65.5 Å². The zero-order chi connectivity index (χ0) is 14.8. The SMILES string of the molecule is COc1ccc(C(N)c2cccc3nccnc23)c(C)c1. The highest BCUT2D eigenvalue weighted by Crippen LogP contribution is 2.28. The van der Waals surface area contributed by atoms with Crippen molar-refractivity contribution in [2.24, 2.45) is 5.73 Å². The van der Waals surface area contributed by atoms with Crippen LogP contribution in [0, 0.1) is 6.92 Å². The lowest BCUT2D eigenvalue weighted by molar-refractivity contribution is 0.414. The zero-order valence-corrected chi connectivity index (χ0v) is 12.1. The van der Waals surface area contributed by atoms with Crippen molar-refractivity contribution < 1.29 is 4.74 Å². The molecule has 106 valence electrons. The van der Waals surface area contributed by atoms with Gasteiger partial charge >= 0.3 is 0 Å². The van der Waals surface area contributed by atoms with E-state index in [-0.39, 0.29) is 6.04 Å². The number of methoxy groups -OCH3 is 1. The first kappa shape index (κ1) is 13.5. The van der Waals surface area contributed by atoms with E-state index in [0.29, 0.717) is 0 Å². The molecule has 2 aromatic carbocycles. The van der Waals surface area contributed by atoms with Crippen LogP contribution in [0.15, 0.2) is 48.8 Å². The smallest absolute Gasteiger partial charge is 0.119 e. The van der Waals surface area contributed by atoms with Crippen molar-refractivity contribution in [3.63, 3.8) is 0 Å². The zero-order valence-electron chi connectivity index (χ0n) is 12.1. The molecule has 21 heavy (non-hydrogen) atoms. The fourth-order valence-electron chi connectivity index (χ4n) is 2.56. The number of rotatable bonds is 3. The molecule has 0 radical (unpaired) electrons. The van der Waals surface area contributed by atoms with Crippen molar-refractivity contribution in [1.29, 1.82) is 0 Å². The Kier molecular flexibility index (Phi) is 3.54. The molecule has 3 aromatic rings. The van der Waals surface area contributed by atoms with Crippen LogP contribution in [-0.4, -0.2) is 17.1 Å². The molecule has 1 atom stereocenters. The molecule has 0 aliphatic rings. The first-order valence-corrected chi connectivity index (χ1v) is 6.80. The summed E-state index contributed by atoms with van der Waals surface area (Å²) in [6.45, 7) is 2.04. The predicted octanol–water partition coefficient (Wildman–Crippen LogP) is 2.99. The first-order chi connectivity index (χ1) is 10.2. The first-order valence-electron chi connectivity index (χ1n) is 6.80. The molecular formula is C17H17N3O. The lowest BCUT2D eigenvalue weighted by atomic mass is 9.94. The van der Waals surface area contributed by atoms with E-state index in [1.807, 2.05) is 43.3 Å². The minimum absolute atomic E-state index is 0.240. The van der Waals surface area contributed by atoms with Gasteiger partial charge < -0.3 is 10.5 Å². The van der Waals surface area contributed by atoms with Gasteiger partial charge in [-0.1, -0.05) is 18.2 Å². The largest absolute Gasteiger partial charge is 0.497 e. The van der Waals surface area contributed by atoms with Crippen molar-refractivity contribution in [3.8, 4) is 5.75 Å². The Morgan fingerprint density at radius 3 is 2.62 bits per heavy atom. The number of nitrogens with zero attached hydrogens (tertiary/aromatic N) is 2. The normalized spacial score (nSPS) is 12.3. The summed E-state index contributed by atoms with van der Waals surface area (Å²) in [5.74, 6) is 0.834. The summed E-state index contributed by atoms with van der Waals surface area (Å²) in [5.41, 5.74) is 11.3. The van der Waals surface area contributed by atoms with Gasteiger partial charge in [0.15, 0.2) is 0 Å². The molecule has 0 amide bonds. The number of aryl methyl sites for hydroxylation is 1. The highest BCUT2D eigenvalue weighted by Gasteiger charge is 2.15. The Morgan fingerprint density at radius 1 is 1.05 bits per heavy atom. The molecule has 4 heteroatoms. The third kappa shape index (κ3) is 2.45. The van der Waals surface area contributed by atoms with E-state index in [1.54, 1.807) is 19.5 Å². The Bertz CT molecular complexity index is 781. The van der Waals surface area contributed by atoms with Crippen molar-refractivity contribution in [2.75, 3.05) is 7.11 Å². The van der Waals surface area contributed by atoms with Gasteiger partial charge in [0.05, 0.1) is 24.2 Å². The van der Waals surface area contributed by atoms with Gasteiger partial charge in [-0.25, -0.2) is 0 Å². The van der Waals surface area contributed by atoms with Crippen molar-refractivity contribution in [1.82, 2.24) is 9.97 Å². The number of benzene rings is 2. The highest BCUT2D eigenvalue weighted by atomic mass is 16.5. The van der Waals surface area contributed by atoms with Crippen molar-refractivity contribution in [2.45, 2.75) is 13.0 Å². The summed E-state index contributed by atoms with van der Waals surface area (Å²) in [6, 6.07) is 11.6. The number of nitrogens with two attached hydrogens (primary N) is 1. The Labute approximate surface area is 123 Å². The minimum Gasteiger partial charge on any atom is -0.497 e. The third-order valence-corrected chi connectivity index (χ3v) is 3.68. The van der Waals surface area contributed by atoms with Gasteiger partial charge in [0, 0.05) is 18.0 Å². The molecule has 1 aromatic heterocycles. The maximum Gasteiger partial charge on any atom is 0.119 e. The second-order valence-corrected chi connectivity index (χ2v) is 4.97. The summed E-state index contributed by atoms with van der Waals surface area (Å²) < 4.78 is 5.24. The molecule has 0 aliphatic carbocycles. The van der Waals surface area contributed by atoms with Gasteiger partial charge in [0.2, 0.25) is 0 Å². The average molecular weight is 279 g/mol. The van der Waals surface area contributed by atoms with E-state index in [0.717, 1.165) is 33.5 Å². The van der Waals surface area contributed by atoms with Crippen LogP contribution in [0.2, 0.25) is 0 Å². The highest BCUT2D eigenvalue weighted by molar-refractivity contribution is 5.78. The molecule has 0 bridgehead atoms. The molecule has 2 N–H and O–H groups in total. The standard InChI is InChI=1S/C17H17N3O/c1-11-10-12(21-2)6-7-13(11)16(18)14-4-3-5-15-17(14)20-9-8-19-15/h3-10,16H,18H2,1-2H3. The van der Waals surface area contributed by atoms with Crippen LogP contribution in [0.4, 0.5) is 0 Å². The molecule has 1 unspecified atom stereocenters. The van der Waals surface area contributed by atoms with Gasteiger partial charge in [0.1, 0.15) is 5.75 Å². The van der Waals surface area contributed by atoms with Gasteiger partial charge in [-0.15, -0.1) is 0 Å². The summed E-state index contributed by atoms with van der Waals surface area (Å²) in [6.07, 6.45) is 3.38. The van der Waals surface area contributed by atoms with Crippen LogP contribution in [0.5, 0.6) is 5.75 Å². The maximum atomic E-state index is 6.47. The van der Waals surface area contributed by atoms with E-state index in [4.69, 9.17) is 10.5 Å². The van der Waals surface area contributed by atoms with Crippen molar-refractivity contribution >= 4 is 11.0 Å². The van der Waals surface area contributed by atoms with Crippen LogP contribution in [0.3, 0.4) is 0 Å². The molecule has 0 spiro atoms. The number of aromatic nitrogens is 2. The second-order valence-electron chi connectivity index (χ2n) is 4.97. The molecule has 0 aliphatic heterocycles. The number of para-hydroxylation sites is 1. The average Bonchev–Trinajstić information content (AvgIpc) is 2.53. The van der Waals surface area contributed by atoms with Gasteiger partial charge in [-0.3, -0.25) is 9.97 Å². The van der Waals surface area contributed by atoms with Gasteiger partial charge in [0.25, 0.3) is 0 Å². The fourth-order valence-corrected chi connectivity index (χ4v) is 2.56. The fraction of sp³-hybridized carbons (Fsp3) is 0.176. The Morgan fingerprint density at radius 2 is 1.86 bits per heavy atom. The van der Waals surface area contributed by atoms with E-state index < -0.39 is 0 Å². The summed E-state index contributed by atoms with van der Waals surface area (Å²) in [7, 11) is 1.66. The van der Waals surface area contributed by atoms with Crippen LogP contribution < -0.4 is 10.5 Å². The molecule has 4 nitrogen and oxygen atoms in total. The topological polar surface area (TPSA) is 61.0 Å². The van der Waals surface area contributed by atoms with Gasteiger partial charge in [-0.2, -0.15) is 0 Å². The summed E-state index contributed by atoms with van der Waals surface area (Å²) in [4.78, 5) is 8.75. The lowest BCUT2D eigenvalue weighted by Crippen LogP contribution is -2.14. The number of ether oxygens (including phenoxy) is 1. The molecule has 3 rings (SSSR count). The van der Waals surface area contributed by atoms with Crippen LogP contribution in [0.1, 0.15) is 22.7 Å². The molecule has 1 heterocycles. The van der Waals surface area contributed by atoms with E-state index in [9.17, 15) is 0 Å². The quantitative estimate of drug-likeness (QED) is 0.800. The molecule has 0 fully saturated rings. The molecule has 0 saturated carbocycles. The number of hydrogen-bond donors (Lipinski definition) is 1. The number of hydrogen-bond acceptors (Lipinski definition) is 4. The predicted molar refractivity (Wildman–Crippen MR) is 83.3 cm³/mol.